The second-order valence-corrected chi connectivity index (χ2v) is 6.95. The molecule has 114 valence electrons. The third-order valence-electron chi connectivity index (χ3n) is 4.48. The van der Waals surface area contributed by atoms with Gasteiger partial charge in [0.1, 0.15) is 5.78 Å². The number of ketones is 1. The van der Waals surface area contributed by atoms with Crippen LogP contribution in [0.4, 0.5) is 0 Å². The molecule has 2 aliphatic heterocycles. The van der Waals surface area contributed by atoms with E-state index in [1.807, 2.05) is 18.2 Å². The van der Waals surface area contributed by atoms with Crippen LogP contribution in [0.2, 0.25) is 0 Å². The third kappa shape index (κ3) is 3.87. The Hall–Kier alpha value is -0.840. The van der Waals surface area contributed by atoms with Crippen LogP contribution in [0.25, 0.3) is 0 Å². The van der Waals surface area contributed by atoms with Gasteiger partial charge in [-0.05, 0) is 37.8 Å². The lowest BCUT2D eigenvalue weighted by Crippen LogP contribution is -2.46. The van der Waals surface area contributed by atoms with Gasteiger partial charge >= 0.3 is 0 Å². The Morgan fingerprint density at radius 2 is 1.95 bits per heavy atom. The van der Waals surface area contributed by atoms with Crippen molar-refractivity contribution < 1.29 is 14.3 Å². The van der Waals surface area contributed by atoms with Crippen molar-refractivity contribution in [1.29, 1.82) is 0 Å². The average molecular weight is 306 g/mol. The molecule has 3 rings (SSSR count). The van der Waals surface area contributed by atoms with E-state index in [1.54, 1.807) is 11.8 Å². The summed E-state index contributed by atoms with van der Waals surface area (Å²) >= 11 is 1.64. The second-order valence-electron chi connectivity index (χ2n) is 5.90. The maximum Gasteiger partial charge on any atom is 0.146 e. The van der Waals surface area contributed by atoms with Crippen molar-refractivity contribution in [3.05, 3.63) is 30.3 Å². The highest BCUT2D eigenvalue weighted by atomic mass is 32.2. The normalized spacial score (nSPS) is 24.9. The van der Waals surface area contributed by atoms with Crippen molar-refractivity contribution in [2.24, 2.45) is 5.92 Å². The highest BCUT2D eigenvalue weighted by Gasteiger charge is 2.40. The van der Waals surface area contributed by atoms with Gasteiger partial charge in [0, 0.05) is 30.6 Å². The van der Waals surface area contributed by atoms with E-state index in [0.717, 1.165) is 38.9 Å². The van der Waals surface area contributed by atoms with E-state index in [9.17, 15) is 4.79 Å². The van der Waals surface area contributed by atoms with Gasteiger partial charge in [0.05, 0.1) is 11.4 Å². The van der Waals surface area contributed by atoms with E-state index in [1.165, 1.54) is 4.90 Å². The van der Waals surface area contributed by atoms with Crippen LogP contribution in [0.1, 0.15) is 25.7 Å². The molecule has 0 N–H and O–H groups in total. The standard InChI is InChI=1S/C17H22O3S/c18-16(13-21-15-4-2-1-3-5-15)14-6-9-20-17(12-14)7-10-19-11-8-17/h1-5,14H,6-13H2. The summed E-state index contributed by atoms with van der Waals surface area (Å²) in [5, 5.41) is 0. The second kappa shape index (κ2) is 6.95. The number of hydrogen-bond acceptors (Lipinski definition) is 4. The maximum atomic E-state index is 12.5. The van der Waals surface area contributed by atoms with Crippen molar-refractivity contribution in [1.82, 2.24) is 0 Å². The molecule has 1 atom stereocenters. The number of thioether (sulfide) groups is 1. The zero-order valence-electron chi connectivity index (χ0n) is 12.3. The van der Waals surface area contributed by atoms with Gasteiger partial charge in [0.15, 0.2) is 0 Å². The largest absolute Gasteiger partial charge is 0.381 e. The van der Waals surface area contributed by atoms with Crippen LogP contribution >= 0.6 is 11.8 Å². The molecule has 0 aliphatic carbocycles. The van der Waals surface area contributed by atoms with Crippen molar-refractivity contribution in [3.8, 4) is 0 Å². The van der Waals surface area contributed by atoms with Crippen LogP contribution in [0.5, 0.6) is 0 Å². The molecule has 2 saturated heterocycles. The van der Waals surface area contributed by atoms with Crippen LogP contribution in [0, 0.1) is 5.92 Å². The molecule has 0 radical (unpaired) electrons. The van der Waals surface area contributed by atoms with Gasteiger partial charge in [-0.15, -0.1) is 11.8 Å². The number of ether oxygens (including phenoxy) is 2. The average Bonchev–Trinajstić information content (AvgIpc) is 2.54. The quantitative estimate of drug-likeness (QED) is 0.799. The Bertz CT molecular complexity index is 463. The summed E-state index contributed by atoms with van der Waals surface area (Å²) in [6.45, 7) is 2.24. The fourth-order valence-corrected chi connectivity index (χ4v) is 4.08. The van der Waals surface area contributed by atoms with E-state index >= 15 is 0 Å². The number of carbonyl (C=O) groups excluding carboxylic acids is 1. The van der Waals surface area contributed by atoms with E-state index < -0.39 is 0 Å². The topological polar surface area (TPSA) is 35.5 Å². The highest BCUT2D eigenvalue weighted by molar-refractivity contribution is 8.00. The van der Waals surface area contributed by atoms with E-state index in [-0.39, 0.29) is 11.5 Å². The molecule has 0 aromatic heterocycles. The first-order valence-corrected chi connectivity index (χ1v) is 8.68. The molecule has 1 aromatic carbocycles. The Kier molecular flexibility index (Phi) is 4.99. The molecule has 2 aliphatic rings. The van der Waals surface area contributed by atoms with Crippen LogP contribution < -0.4 is 0 Å². The van der Waals surface area contributed by atoms with Gasteiger partial charge in [-0.3, -0.25) is 4.79 Å². The summed E-state index contributed by atoms with van der Waals surface area (Å²) in [6.07, 6.45) is 3.62. The number of Topliss-reactive ketones (excluding diaryl/α,β-unsaturated/α-hetero) is 1. The van der Waals surface area contributed by atoms with Crippen LogP contribution in [-0.4, -0.2) is 37.0 Å². The smallest absolute Gasteiger partial charge is 0.146 e. The van der Waals surface area contributed by atoms with E-state index in [4.69, 9.17) is 9.47 Å². The van der Waals surface area contributed by atoms with Crippen molar-refractivity contribution >= 4 is 17.5 Å². The predicted octanol–water partition coefficient (Wildman–Crippen LogP) is 3.32. The van der Waals surface area contributed by atoms with Gasteiger partial charge < -0.3 is 9.47 Å². The maximum absolute atomic E-state index is 12.5. The van der Waals surface area contributed by atoms with Gasteiger partial charge in [-0.1, -0.05) is 18.2 Å². The summed E-state index contributed by atoms with van der Waals surface area (Å²) < 4.78 is 11.4. The molecule has 0 amide bonds. The zero-order chi connectivity index (χ0) is 14.5. The lowest BCUT2D eigenvalue weighted by atomic mass is 9.79. The zero-order valence-corrected chi connectivity index (χ0v) is 13.1. The fourth-order valence-electron chi connectivity index (χ4n) is 3.18. The third-order valence-corrected chi connectivity index (χ3v) is 5.51. The first-order chi connectivity index (χ1) is 10.3. The molecule has 2 heterocycles. The molecular weight excluding hydrogens is 284 g/mol. The summed E-state index contributed by atoms with van der Waals surface area (Å²) in [5.41, 5.74) is -0.0890. The Morgan fingerprint density at radius 1 is 1.19 bits per heavy atom. The van der Waals surface area contributed by atoms with Gasteiger partial charge in [-0.2, -0.15) is 0 Å². The minimum Gasteiger partial charge on any atom is -0.381 e. The molecule has 0 saturated carbocycles. The van der Waals surface area contributed by atoms with Crippen LogP contribution in [-0.2, 0) is 14.3 Å². The molecule has 1 aromatic rings. The molecule has 3 nitrogen and oxygen atoms in total. The van der Waals surface area contributed by atoms with Gasteiger partial charge in [0.2, 0.25) is 0 Å². The first-order valence-electron chi connectivity index (χ1n) is 7.70. The van der Waals surface area contributed by atoms with E-state index in [0.29, 0.717) is 18.1 Å². The van der Waals surface area contributed by atoms with Gasteiger partial charge in [0.25, 0.3) is 0 Å². The van der Waals surface area contributed by atoms with Crippen molar-refractivity contribution in [3.63, 3.8) is 0 Å². The predicted molar refractivity (Wildman–Crippen MR) is 83.6 cm³/mol. The molecule has 1 unspecified atom stereocenters. The molecule has 21 heavy (non-hydrogen) atoms. The van der Waals surface area contributed by atoms with Gasteiger partial charge in [-0.25, -0.2) is 0 Å². The van der Waals surface area contributed by atoms with Crippen LogP contribution in [0.15, 0.2) is 35.2 Å². The summed E-state index contributed by atoms with van der Waals surface area (Å²) in [4.78, 5) is 13.7. The number of hydrogen-bond donors (Lipinski definition) is 0. The summed E-state index contributed by atoms with van der Waals surface area (Å²) in [5.74, 6) is 1.10. The number of benzene rings is 1. The first kappa shape index (κ1) is 15.1. The van der Waals surface area contributed by atoms with E-state index in [2.05, 4.69) is 12.1 Å². The Balaban J connectivity index is 1.54. The highest BCUT2D eigenvalue weighted by Crippen LogP contribution is 2.37. The van der Waals surface area contributed by atoms with Crippen LogP contribution in [0.3, 0.4) is 0 Å². The Morgan fingerprint density at radius 3 is 2.71 bits per heavy atom. The van der Waals surface area contributed by atoms with Crippen molar-refractivity contribution in [2.75, 3.05) is 25.6 Å². The monoisotopic (exact) mass is 306 g/mol. The molecule has 1 spiro atoms. The SMILES string of the molecule is O=C(CSc1ccccc1)C1CCOC2(CCOCC2)C1. The lowest BCUT2D eigenvalue weighted by Gasteiger charge is -2.42. The molecular formula is C17H22O3S. The fraction of sp³-hybridized carbons (Fsp3) is 0.588. The molecule has 2 fully saturated rings. The summed E-state index contributed by atoms with van der Waals surface area (Å²) in [7, 11) is 0. The molecule has 0 bridgehead atoms. The molecule has 4 heteroatoms. The minimum absolute atomic E-state index is 0.0890. The number of rotatable bonds is 4. The number of carbonyl (C=O) groups is 1. The Labute approximate surface area is 130 Å². The summed E-state index contributed by atoms with van der Waals surface area (Å²) in [6, 6.07) is 10.1. The lowest BCUT2D eigenvalue weighted by molar-refractivity contribution is -0.155. The van der Waals surface area contributed by atoms with Crippen molar-refractivity contribution in [2.45, 2.75) is 36.2 Å². The minimum atomic E-state index is -0.0890.